The Kier molecular flexibility index (Phi) is 6.09. The van der Waals surface area contributed by atoms with Crippen molar-refractivity contribution in [2.24, 2.45) is 5.92 Å². The number of rotatable bonds is 4. The van der Waals surface area contributed by atoms with E-state index in [1.54, 1.807) is 6.08 Å². The third-order valence-electron chi connectivity index (χ3n) is 6.53. The van der Waals surface area contributed by atoms with Crippen molar-refractivity contribution >= 4 is 13.4 Å². The third-order valence-corrected chi connectivity index (χ3v) is 6.53. The van der Waals surface area contributed by atoms with Crippen LogP contribution in [0, 0.1) is 5.92 Å². The Bertz CT molecular complexity index is 857. The fourth-order valence-electron chi connectivity index (χ4n) is 3.87. The second-order valence-corrected chi connectivity index (χ2v) is 9.07. The third kappa shape index (κ3) is 4.42. The number of carbonyl (C=O) groups is 1. The quantitative estimate of drug-likeness (QED) is 0.423. The summed E-state index contributed by atoms with van der Waals surface area (Å²) in [7, 11) is -0.500. The van der Waals surface area contributed by atoms with Gasteiger partial charge in [0.25, 0.3) is 0 Å². The monoisotopic (exact) mass is 420 g/mol. The lowest BCUT2D eigenvalue weighted by Crippen LogP contribution is -2.41. The van der Waals surface area contributed by atoms with E-state index >= 15 is 0 Å². The van der Waals surface area contributed by atoms with Gasteiger partial charge in [0.2, 0.25) is 0 Å². The largest absolute Gasteiger partial charge is 0.494 e. The zero-order valence-electron chi connectivity index (χ0n) is 18.1. The zero-order chi connectivity index (χ0) is 22.3. The highest BCUT2D eigenvalue weighted by Crippen LogP contribution is 2.42. The van der Waals surface area contributed by atoms with Gasteiger partial charge >= 0.3 is 13.3 Å². The molecule has 0 saturated carbocycles. The lowest BCUT2D eigenvalue weighted by molar-refractivity contribution is -0.162. The number of hydrogen-bond acceptors (Lipinski definition) is 3. The van der Waals surface area contributed by atoms with Gasteiger partial charge in [-0.25, -0.2) is 0 Å². The van der Waals surface area contributed by atoms with Crippen LogP contribution in [0.15, 0.2) is 58.1 Å². The van der Waals surface area contributed by atoms with Crippen LogP contribution >= 0.6 is 0 Å². The van der Waals surface area contributed by atoms with Crippen LogP contribution in [-0.2, 0) is 14.1 Å². The summed E-state index contributed by atoms with van der Waals surface area (Å²) in [5.74, 6) is -1.60. The summed E-state index contributed by atoms with van der Waals surface area (Å²) in [6.07, 6.45) is 5.50. The maximum Gasteiger partial charge on any atom is 0.494 e. The van der Waals surface area contributed by atoms with Crippen molar-refractivity contribution in [1.29, 1.82) is 0 Å². The van der Waals surface area contributed by atoms with E-state index in [2.05, 4.69) is 6.08 Å². The van der Waals surface area contributed by atoms with E-state index in [1.165, 1.54) is 18.2 Å². The van der Waals surface area contributed by atoms with E-state index in [1.807, 2.05) is 34.6 Å². The highest BCUT2D eigenvalue weighted by molar-refractivity contribution is 6.56. The minimum Gasteiger partial charge on any atom is -0.399 e. The summed E-state index contributed by atoms with van der Waals surface area (Å²) in [6, 6.07) is 0. The van der Waals surface area contributed by atoms with Crippen molar-refractivity contribution < 1.29 is 27.3 Å². The van der Waals surface area contributed by atoms with Crippen molar-refractivity contribution in [2.45, 2.75) is 71.3 Å². The van der Waals surface area contributed by atoms with E-state index in [4.69, 9.17) is 9.31 Å². The van der Waals surface area contributed by atoms with E-state index in [-0.39, 0.29) is 17.6 Å². The van der Waals surface area contributed by atoms with Gasteiger partial charge in [0, 0.05) is 5.57 Å². The molecule has 3 rings (SSSR count). The first-order valence-corrected chi connectivity index (χ1v) is 10.2. The first-order chi connectivity index (χ1) is 13.9. The number of aldehydes is 1. The molecule has 0 amide bonds. The summed E-state index contributed by atoms with van der Waals surface area (Å²) in [5, 5.41) is 0. The van der Waals surface area contributed by atoms with Gasteiger partial charge in [-0.3, -0.25) is 4.79 Å². The summed E-state index contributed by atoms with van der Waals surface area (Å²) in [6.45, 7) is 9.90. The Morgan fingerprint density at radius 2 is 1.73 bits per heavy atom. The molecule has 1 fully saturated rings. The van der Waals surface area contributed by atoms with Crippen molar-refractivity contribution in [3.05, 3.63) is 58.1 Å². The van der Waals surface area contributed by atoms with Crippen LogP contribution in [-0.4, -0.2) is 30.8 Å². The van der Waals surface area contributed by atoms with Crippen molar-refractivity contribution in [1.82, 2.24) is 0 Å². The van der Waals surface area contributed by atoms with Crippen LogP contribution in [0.3, 0.4) is 0 Å². The number of alkyl halides is 3. The van der Waals surface area contributed by atoms with Crippen molar-refractivity contribution in [3.8, 4) is 0 Å². The van der Waals surface area contributed by atoms with Gasteiger partial charge in [0.15, 0.2) is 0 Å². The van der Waals surface area contributed by atoms with Gasteiger partial charge in [-0.05, 0) is 82.1 Å². The molecule has 2 aliphatic carbocycles. The average molecular weight is 420 g/mol. The van der Waals surface area contributed by atoms with E-state index in [0.717, 1.165) is 29.5 Å². The topological polar surface area (TPSA) is 35.5 Å². The molecule has 0 spiro atoms. The Morgan fingerprint density at radius 3 is 2.30 bits per heavy atom. The molecule has 0 aromatic rings. The number of halogens is 3. The predicted molar refractivity (Wildman–Crippen MR) is 112 cm³/mol. The van der Waals surface area contributed by atoms with E-state index in [9.17, 15) is 18.0 Å². The van der Waals surface area contributed by atoms with Crippen LogP contribution in [0.2, 0.25) is 0 Å². The molecule has 1 saturated heterocycles. The van der Waals surface area contributed by atoms with Gasteiger partial charge in [-0.2, -0.15) is 13.2 Å². The first kappa shape index (κ1) is 22.8. The second kappa shape index (κ2) is 8.01. The highest BCUT2D eigenvalue weighted by atomic mass is 19.4. The molecule has 7 heteroatoms. The molecule has 0 N–H and O–H groups in total. The minimum absolute atomic E-state index is 0.110. The maximum atomic E-state index is 13.4. The molecule has 3 nitrogen and oxygen atoms in total. The molecule has 1 aliphatic heterocycles. The molecule has 1 heterocycles. The molecule has 30 heavy (non-hydrogen) atoms. The molecular weight excluding hydrogens is 392 g/mol. The van der Waals surface area contributed by atoms with Crippen molar-refractivity contribution in [2.75, 3.05) is 0 Å². The summed E-state index contributed by atoms with van der Waals surface area (Å²) in [4.78, 5) is 11.1. The molecule has 3 aliphatic rings. The first-order valence-electron chi connectivity index (χ1n) is 10.2. The Morgan fingerprint density at radius 1 is 1.10 bits per heavy atom. The Hall–Kier alpha value is -1.86. The zero-order valence-corrected chi connectivity index (χ0v) is 18.1. The van der Waals surface area contributed by atoms with Gasteiger partial charge in [-0.15, -0.1) is 0 Å². The second-order valence-electron chi connectivity index (χ2n) is 9.07. The summed E-state index contributed by atoms with van der Waals surface area (Å²) >= 11 is 0. The van der Waals surface area contributed by atoms with E-state index < -0.39 is 30.4 Å². The molecular formula is C23H28BF3O3. The average Bonchev–Trinajstić information content (AvgIpc) is 2.87. The summed E-state index contributed by atoms with van der Waals surface area (Å²) in [5.41, 5.74) is 2.31. The van der Waals surface area contributed by atoms with Crippen LogP contribution in [0.1, 0.15) is 53.9 Å². The highest BCUT2D eigenvalue weighted by Gasteiger charge is 2.52. The number of carbonyl (C=O) groups excluding carboxylic acids is 1. The van der Waals surface area contributed by atoms with Gasteiger partial charge in [-0.1, -0.05) is 24.3 Å². The van der Waals surface area contributed by atoms with Crippen LogP contribution in [0.25, 0.3) is 0 Å². The molecule has 1 unspecified atom stereocenters. The van der Waals surface area contributed by atoms with E-state index in [0.29, 0.717) is 6.29 Å². The SMILES string of the molecule is CC1=C(/C=C/C2=CC(C=O)=CCC2C(F)(F)F)CCC=C1B1OC(C)(C)C(C)(C)O1. The molecule has 0 aromatic carbocycles. The fourth-order valence-corrected chi connectivity index (χ4v) is 3.87. The smallest absolute Gasteiger partial charge is 0.399 e. The van der Waals surface area contributed by atoms with Crippen molar-refractivity contribution in [3.63, 3.8) is 0 Å². The molecule has 1 atom stereocenters. The Balaban J connectivity index is 1.87. The minimum atomic E-state index is -4.36. The molecule has 0 radical (unpaired) electrons. The van der Waals surface area contributed by atoms with Crippen LogP contribution in [0.5, 0.6) is 0 Å². The van der Waals surface area contributed by atoms with Crippen LogP contribution in [0.4, 0.5) is 13.2 Å². The van der Waals surface area contributed by atoms with Gasteiger partial charge in [0.1, 0.15) is 6.29 Å². The maximum absolute atomic E-state index is 13.4. The summed E-state index contributed by atoms with van der Waals surface area (Å²) < 4.78 is 52.6. The number of hydrogen-bond donors (Lipinski definition) is 0. The van der Waals surface area contributed by atoms with Gasteiger partial charge < -0.3 is 9.31 Å². The molecule has 0 bridgehead atoms. The standard InChI is InChI=1S/C23H28BF3O3/c1-15-17(7-6-8-20(15)24-29-21(2,3)22(4,5)30-24)10-11-18-13-16(14-28)9-12-19(18)23(25,26)27/h8-11,13-14,19H,6-7,12H2,1-5H3/b11-10+. The normalized spacial score (nSPS) is 26.6. The lowest BCUT2D eigenvalue weighted by atomic mass is 9.70. The predicted octanol–water partition coefficient (Wildman–Crippen LogP) is 5.84. The fraction of sp³-hybridized carbons (Fsp3) is 0.522. The van der Waals surface area contributed by atoms with Crippen LogP contribution < -0.4 is 0 Å². The molecule has 0 aromatic heterocycles. The van der Waals surface area contributed by atoms with Gasteiger partial charge in [0.05, 0.1) is 17.1 Å². The molecule has 162 valence electrons. The lowest BCUT2D eigenvalue weighted by Gasteiger charge is -2.32. The number of allylic oxidation sites excluding steroid dienone is 10. The Labute approximate surface area is 176 Å².